The topological polar surface area (TPSA) is 20.3 Å². The molecule has 1 heterocycles. The van der Waals surface area contributed by atoms with E-state index in [1.54, 1.807) is 6.92 Å². The van der Waals surface area contributed by atoms with Crippen LogP contribution in [0.3, 0.4) is 0 Å². The Labute approximate surface area is 94.0 Å². The minimum atomic E-state index is 0.219. The molecule has 1 rings (SSSR count). The number of likely N-dealkylation sites (tertiary alicyclic amines) is 1. The third-order valence-corrected chi connectivity index (χ3v) is 3.38. The van der Waals surface area contributed by atoms with Crippen LogP contribution in [0.2, 0.25) is 0 Å². The number of ketones is 1. The van der Waals surface area contributed by atoms with Gasteiger partial charge in [0.15, 0.2) is 0 Å². The molecule has 0 aliphatic carbocycles. The molecule has 1 unspecified atom stereocenters. The Morgan fingerprint density at radius 3 is 2.40 bits per heavy atom. The predicted octanol–water partition coefficient (Wildman–Crippen LogP) is 3.01. The van der Waals surface area contributed by atoms with Gasteiger partial charge in [0.05, 0.1) is 6.04 Å². The summed E-state index contributed by atoms with van der Waals surface area (Å²) in [6, 6.07) is 0.219. The first-order valence-corrected chi connectivity index (χ1v) is 6.50. The molecule has 1 aliphatic heterocycles. The van der Waals surface area contributed by atoms with Gasteiger partial charge >= 0.3 is 0 Å². The highest BCUT2D eigenvalue weighted by atomic mass is 16.1. The van der Waals surface area contributed by atoms with Gasteiger partial charge in [-0.3, -0.25) is 9.69 Å². The Morgan fingerprint density at radius 1 is 1.20 bits per heavy atom. The molecule has 0 bridgehead atoms. The zero-order valence-corrected chi connectivity index (χ0v) is 10.3. The van der Waals surface area contributed by atoms with Crippen LogP contribution in [0.1, 0.15) is 58.8 Å². The van der Waals surface area contributed by atoms with Crippen LogP contribution in [0, 0.1) is 0 Å². The largest absolute Gasteiger partial charge is 0.298 e. The van der Waals surface area contributed by atoms with Gasteiger partial charge in [-0.1, -0.05) is 32.6 Å². The van der Waals surface area contributed by atoms with E-state index >= 15 is 0 Å². The van der Waals surface area contributed by atoms with Crippen molar-refractivity contribution in [1.82, 2.24) is 4.90 Å². The van der Waals surface area contributed by atoms with E-state index in [1.165, 1.54) is 38.5 Å². The number of carbonyl (C=O) groups is 1. The van der Waals surface area contributed by atoms with Gasteiger partial charge in [-0.15, -0.1) is 0 Å². The van der Waals surface area contributed by atoms with Crippen molar-refractivity contribution in [2.24, 2.45) is 0 Å². The van der Waals surface area contributed by atoms with Crippen molar-refractivity contribution in [1.29, 1.82) is 0 Å². The van der Waals surface area contributed by atoms with E-state index in [2.05, 4.69) is 11.8 Å². The van der Waals surface area contributed by atoms with E-state index in [1.807, 2.05) is 0 Å². The van der Waals surface area contributed by atoms with Crippen LogP contribution in [0.15, 0.2) is 0 Å². The number of piperidine rings is 1. The molecular weight excluding hydrogens is 186 g/mol. The van der Waals surface area contributed by atoms with E-state index in [4.69, 9.17) is 0 Å². The highest BCUT2D eigenvalue weighted by Gasteiger charge is 2.23. The van der Waals surface area contributed by atoms with Gasteiger partial charge in [-0.2, -0.15) is 0 Å². The molecule has 0 saturated carbocycles. The van der Waals surface area contributed by atoms with Crippen LogP contribution < -0.4 is 0 Å². The van der Waals surface area contributed by atoms with E-state index in [0.717, 1.165) is 19.5 Å². The lowest BCUT2D eigenvalue weighted by Crippen LogP contribution is -2.43. The summed E-state index contributed by atoms with van der Waals surface area (Å²) < 4.78 is 0. The Morgan fingerprint density at radius 2 is 1.87 bits per heavy atom. The molecule has 0 radical (unpaired) electrons. The van der Waals surface area contributed by atoms with Gasteiger partial charge < -0.3 is 0 Å². The molecule has 1 aliphatic rings. The quantitative estimate of drug-likeness (QED) is 0.629. The van der Waals surface area contributed by atoms with Gasteiger partial charge in [0, 0.05) is 0 Å². The van der Waals surface area contributed by atoms with Gasteiger partial charge in [-0.05, 0) is 39.3 Å². The molecule has 88 valence electrons. The van der Waals surface area contributed by atoms with Crippen molar-refractivity contribution in [3.05, 3.63) is 0 Å². The summed E-state index contributed by atoms with van der Waals surface area (Å²) in [6.07, 6.45) is 8.67. The average Bonchev–Trinajstić information content (AvgIpc) is 2.25. The average molecular weight is 211 g/mol. The normalized spacial score (nSPS) is 20.1. The maximum atomic E-state index is 11.6. The Balaban J connectivity index is 2.37. The minimum Gasteiger partial charge on any atom is -0.298 e. The monoisotopic (exact) mass is 211 g/mol. The first kappa shape index (κ1) is 12.7. The lowest BCUT2D eigenvalue weighted by molar-refractivity contribution is -0.122. The molecular formula is C13H25NO. The van der Waals surface area contributed by atoms with Crippen molar-refractivity contribution < 1.29 is 4.79 Å². The fourth-order valence-electron chi connectivity index (χ4n) is 2.46. The zero-order chi connectivity index (χ0) is 11.1. The van der Waals surface area contributed by atoms with E-state index < -0.39 is 0 Å². The molecule has 1 atom stereocenters. The van der Waals surface area contributed by atoms with Crippen molar-refractivity contribution in [2.75, 3.05) is 13.1 Å². The van der Waals surface area contributed by atoms with Crippen LogP contribution >= 0.6 is 0 Å². The summed E-state index contributed by atoms with van der Waals surface area (Å²) in [4.78, 5) is 14.0. The number of rotatable bonds is 6. The lowest BCUT2D eigenvalue weighted by Gasteiger charge is -2.33. The van der Waals surface area contributed by atoms with Gasteiger partial charge in [0.25, 0.3) is 0 Å². The number of hydrogen-bond donors (Lipinski definition) is 0. The third kappa shape index (κ3) is 4.33. The second-order valence-corrected chi connectivity index (χ2v) is 4.72. The van der Waals surface area contributed by atoms with E-state index in [9.17, 15) is 4.79 Å². The molecule has 0 aromatic rings. The summed E-state index contributed by atoms with van der Waals surface area (Å²) >= 11 is 0. The number of nitrogens with zero attached hydrogens (tertiary/aromatic N) is 1. The summed E-state index contributed by atoms with van der Waals surface area (Å²) in [5, 5.41) is 0. The van der Waals surface area contributed by atoms with Crippen molar-refractivity contribution in [3.63, 3.8) is 0 Å². The molecule has 0 N–H and O–H groups in total. The number of unbranched alkanes of at least 4 members (excludes halogenated alkanes) is 2. The van der Waals surface area contributed by atoms with Crippen molar-refractivity contribution in [2.45, 2.75) is 64.8 Å². The highest BCUT2D eigenvalue weighted by Crippen LogP contribution is 2.17. The fraction of sp³-hybridized carbons (Fsp3) is 0.923. The highest BCUT2D eigenvalue weighted by molar-refractivity contribution is 5.81. The Hall–Kier alpha value is -0.370. The molecule has 0 aromatic carbocycles. The molecule has 0 amide bonds. The summed E-state index contributed by atoms with van der Waals surface area (Å²) in [5.74, 6) is 0.369. The van der Waals surface area contributed by atoms with Gasteiger partial charge in [0.1, 0.15) is 5.78 Å². The van der Waals surface area contributed by atoms with Crippen LogP contribution in [-0.4, -0.2) is 29.8 Å². The van der Waals surface area contributed by atoms with Gasteiger partial charge in [0.2, 0.25) is 0 Å². The summed E-state index contributed by atoms with van der Waals surface area (Å²) in [5.41, 5.74) is 0. The molecule has 15 heavy (non-hydrogen) atoms. The fourth-order valence-corrected chi connectivity index (χ4v) is 2.46. The first-order valence-electron chi connectivity index (χ1n) is 6.50. The Kier molecular flexibility index (Phi) is 5.92. The molecule has 0 spiro atoms. The van der Waals surface area contributed by atoms with E-state index in [0.29, 0.717) is 5.78 Å². The molecule has 2 heteroatoms. The van der Waals surface area contributed by atoms with Gasteiger partial charge in [-0.25, -0.2) is 0 Å². The number of Topliss-reactive ketones (excluding diaryl/α,β-unsaturated/α-hetero) is 1. The number of carbonyl (C=O) groups excluding carboxylic acids is 1. The van der Waals surface area contributed by atoms with Crippen molar-refractivity contribution in [3.8, 4) is 0 Å². The molecule has 2 nitrogen and oxygen atoms in total. The zero-order valence-electron chi connectivity index (χ0n) is 10.3. The van der Waals surface area contributed by atoms with Crippen LogP contribution in [0.4, 0.5) is 0 Å². The van der Waals surface area contributed by atoms with Crippen LogP contribution in [0.25, 0.3) is 0 Å². The predicted molar refractivity (Wildman–Crippen MR) is 64.0 cm³/mol. The SMILES string of the molecule is CCCCCC(C(C)=O)N1CCCCC1. The third-order valence-electron chi connectivity index (χ3n) is 3.38. The maximum Gasteiger partial charge on any atom is 0.146 e. The van der Waals surface area contributed by atoms with Crippen molar-refractivity contribution >= 4 is 5.78 Å². The summed E-state index contributed by atoms with van der Waals surface area (Å²) in [6.45, 7) is 6.24. The first-order chi connectivity index (χ1) is 7.25. The summed E-state index contributed by atoms with van der Waals surface area (Å²) in [7, 11) is 0. The van der Waals surface area contributed by atoms with E-state index in [-0.39, 0.29) is 6.04 Å². The smallest absolute Gasteiger partial charge is 0.146 e. The minimum absolute atomic E-state index is 0.219. The second-order valence-electron chi connectivity index (χ2n) is 4.72. The van der Waals surface area contributed by atoms with Crippen LogP contribution in [-0.2, 0) is 4.79 Å². The molecule has 0 aromatic heterocycles. The standard InChI is InChI=1S/C13H25NO/c1-3-4-6-9-13(12(2)15)14-10-7-5-8-11-14/h13H,3-11H2,1-2H3. The lowest BCUT2D eigenvalue weighted by atomic mass is 10.0. The maximum absolute atomic E-state index is 11.6. The van der Waals surface area contributed by atoms with Crippen LogP contribution in [0.5, 0.6) is 0 Å². The second kappa shape index (κ2) is 7.00. The number of hydrogen-bond acceptors (Lipinski definition) is 2. The molecule has 1 fully saturated rings. The molecule has 1 saturated heterocycles. The Bertz CT molecular complexity index is 185.